The minimum absolute atomic E-state index is 0.405. The fourth-order valence-electron chi connectivity index (χ4n) is 2.74. The molecule has 0 aliphatic heterocycles. The van der Waals surface area contributed by atoms with Crippen LogP contribution >= 0.6 is 0 Å². The van der Waals surface area contributed by atoms with E-state index in [1.54, 1.807) is 0 Å². The van der Waals surface area contributed by atoms with Crippen molar-refractivity contribution in [2.75, 3.05) is 0 Å². The van der Waals surface area contributed by atoms with Crippen molar-refractivity contribution in [2.24, 2.45) is 0 Å². The molecule has 0 amide bonds. The third-order valence-corrected chi connectivity index (χ3v) is 3.89. The van der Waals surface area contributed by atoms with Gasteiger partial charge < -0.3 is 0 Å². The topological polar surface area (TPSA) is 0 Å². The van der Waals surface area contributed by atoms with E-state index >= 15 is 0 Å². The van der Waals surface area contributed by atoms with Gasteiger partial charge in [0.05, 0.1) is 0 Å². The highest BCUT2D eigenvalue weighted by Gasteiger charge is 2.16. The van der Waals surface area contributed by atoms with Gasteiger partial charge in [0.2, 0.25) is 6.71 Å². The molecule has 0 atom stereocenters. The molecule has 3 rings (SSSR count). The highest BCUT2D eigenvalue weighted by molar-refractivity contribution is 6.85. The molecule has 3 aromatic rings. The van der Waals surface area contributed by atoms with E-state index in [-0.39, 0.29) is 0 Å². The van der Waals surface area contributed by atoms with E-state index in [1.807, 2.05) is 6.07 Å². The van der Waals surface area contributed by atoms with Crippen LogP contribution in [-0.4, -0.2) is 6.71 Å². The second kappa shape index (κ2) is 7.47. The molecule has 0 spiro atoms. The predicted octanol–water partition coefficient (Wildman–Crippen LogP) is 4.01. The maximum absolute atomic E-state index is 2.28. The molecule has 0 aromatic heterocycles. The van der Waals surface area contributed by atoms with Crippen molar-refractivity contribution in [1.29, 1.82) is 0 Å². The van der Waals surface area contributed by atoms with Crippen LogP contribution in [0.2, 0.25) is 6.32 Å². The van der Waals surface area contributed by atoms with Gasteiger partial charge in [-0.3, -0.25) is 0 Å². The standard InChI is InChI=1S/C21H19B/c1-4-11-19(12-5-1)13-10-18-22(20-14-6-2-7-15-20)21-16-8-3-9-17-21/h1-17H,18H2/b13-10+. The normalized spacial score (nSPS) is 10.7. The zero-order valence-electron chi connectivity index (χ0n) is 12.6. The van der Waals surface area contributed by atoms with Crippen molar-refractivity contribution in [2.45, 2.75) is 6.32 Å². The second-order valence-electron chi connectivity index (χ2n) is 5.42. The molecule has 0 unspecified atom stereocenters. The molecule has 0 saturated heterocycles. The number of benzene rings is 3. The largest absolute Gasteiger partial charge is 0.213 e. The Hall–Kier alpha value is -2.54. The lowest BCUT2D eigenvalue weighted by Gasteiger charge is -2.12. The Kier molecular flexibility index (Phi) is 4.89. The molecule has 0 radical (unpaired) electrons. The summed E-state index contributed by atoms with van der Waals surface area (Å²) in [5, 5.41) is 0. The lowest BCUT2D eigenvalue weighted by atomic mass is 9.39. The Morgan fingerprint density at radius 1 is 0.591 bits per heavy atom. The van der Waals surface area contributed by atoms with E-state index in [0.717, 1.165) is 6.32 Å². The van der Waals surface area contributed by atoms with Gasteiger partial charge in [0.15, 0.2) is 0 Å². The molecule has 22 heavy (non-hydrogen) atoms. The van der Waals surface area contributed by atoms with Crippen LogP contribution in [0, 0.1) is 0 Å². The van der Waals surface area contributed by atoms with Gasteiger partial charge in [-0.25, -0.2) is 0 Å². The molecule has 1 heteroatoms. The summed E-state index contributed by atoms with van der Waals surface area (Å²) in [5.74, 6) is 0. The molecule has 0 saturated carbocycles. The van der Waals surface area contributed by atoms with E-state index in [0.29, 0.717) is 6.71 Å². The lowest BCUT2D eigenvalue weighted by molar-refractivity contribution is 1.61. The van der Waals surface area contributed by atoms with Crippen LogP contribution < -0.4 is 10.9 Å². The second-order valence-corrected chi connectivity index (χ2v) is 5.42. The molecule has 0 fully saturated rings. The summed E-state index contributed by atoms with van der Waals surface area (Å²) >= 11 is 0. The van der Waals surface area contributed by atoms with Crippen molar-refractivity contribution >= 4 is 23.7 Å². The molecule has 106 valence electrons. The molecular formula is C21H19B. The summed E-state index contributed by atoms with van der Waals surface area (Å²) < 4.78 is 0. The van der Waals surface area contributed by atoms with E-state index in [2.05, 4.69) is 97.1 Å². The number of rotatable bonds is 5. The smallest absolute Gasteiger partial charge is 0.0904 e. The molecule has 0 aliphatic rings. The molecular weight excluding hydrogens is 263 g/mol. The summed E-state index contributed by atoms with van der Waals surface area (Å²) in [6.07, 6.45) is 5.49. The van der Waals surface area contributed by atoms with Gasteiger partial charge in [-0.1, -0.05) is 114 Å². The SMILES string of the molecule is C(=C\c1ccccc1)/CB(c1ccccc1)c1ccccc1. The summed E-state index contributed by atoms with van der Waals surface area (Å²) in [6.45, 7) is 0.405. The number of allylic oxidation sites excluding steroid dienone is 1. The molecule has 0 bridgehead atoms. The number of hydrogen-bond acceptors (Lipinski definition) is 0. The highest BCUT2D eigenvalue weighted by atomic mass is 13.9. The van der Waals surface area contributed by atoms with Crippen molar-refractivity contribution in [3.63, 3.8) is 0 Å². The van der Waals surface area contributed by atoms with Gasteiger partial charge in [-0.2, -0.15) is 0 Å². The summed E-state index contributed by atoms with van der Waals surface area (Å²) in [7, 11) is 0. The van der Waals surface area contributed by atoms with Gasteiger partial charge in [-0.15, -0.1) is 0 Å². The molecule has 3 aromatic carbocycles. The quantitative estimate of drug-likeness (QED) is 0.620. The monoisotopic (exact) mass is 282 g/mol. The van der Waals surface area contributed by atoms with Crippen LogP contribution in [0.3, 0.4) is 0 Å². The van der Waals surface area contributed by atoms with Crippen LogP contribution in [0.25, 0.3) is 6.08 Å². The molecule has 0 heterocycles. The maximum Gasteiger partial charge on any atom is 0.213 e. The van der Waals surface area contributed by atoms with E-state index in [1.165, 1.54) is 16.5 Å². The van der Waals surface area contributed by atoms with Crippen molar-refractivity contribution < 1.29 is 0 Å². The predicted molar refractivity (Wildman–Crippen MR) is 98.2 cm³/mol. The first-order valence-electron chi connectivity index (χ1n) is 7.75. The first-order chi connectivity index (χ1) is 10.9. The van der Waals surface area contributed by atoms with Crippen molar-refractivity contribution in [3.05, 3.63) is 103 Å². The fraction of sp³-hybridized carbons (Fsp3) is 0.0476. The van der Waals surface area contributed by atoms with Gasteiger partial charge in [-0.05, 0) is 11.9 Å². The van der Waals surface area contributed by atoms with Gasteiger partial charge in [0.1, 0.15) is 0 Å². The van der Waals surface area contributed by atoms with E-state index < -0.39 is 0 Å². The van der Waals surface area contributed by atoms with Crippen LogP contribution in [-0.2, 0) is 0 Å². The van der Waals surface area contributed by atoms with Gasteiger partial charge >= 0.3 is 0 Å². The lowest BCUT2D eigenvalue weighted by Crippen LogP contribution is -2.41. The average molecular weight is 282 g/mol. The molecule has 0 N–H and O–H groups in total. The van der Waals surface area contributed by atoms with E-state index in [9.17, 15) is 0 Å². The minimum Gasteiger partial charge on any atom is -0.0904 e. The Morgan fingerprint density at radius 3 is 1.55 bits per heavy atom. The van der Waals surface area contributed by atoms with Gasteiger partial charge in [0, 0.05) is 0 Å². The van der Waals surface area contributed by atoms with Crippen LogP contribution in [0.5, 0.6) is 0 Å². The zero-order chi connectivity index (χ0) is 15.0. The molecule has 0 nitrogen and oxygen atoms in total. The minimum atomic E-state index is 0.405. The van der Waals surface area contributed by atoms with Gasteiger partial charge in [0.25, 0.3) is 0 Å². The van der Waals surface area contributed by atoms with Crippen LogP contribution in [0.15, 0.2) is 97.1 Å². The summed E-state index contributed by atoms with van der Waals surface area (Å²) in [5.41, 5.74) is 3.99. The third kappa shape index (κ3) is 3.76. The average Bonchev–Trinajstić information content (AvgIpc) is 2.61. The first-order valence-corrected chi connectivity index (χ1v) is 7.75. The summed E-state index contributed by atoms with van der Waals surface area (Å²) in [4.78, 5) is 0. The number of hydrogen-bond donors (Lipinski definition) is 0. The fourth-order valence-corrected chi connectivity index (χ4v) is 2.74. The van der Waals surface area contributed by atoms with Crippen LogP contribution in [0.1, 0.15) is 5.56 Å². The molecule has 0 aliphatic carbocycles. The Morgan fingerprint density at radius 2 is 1.05 bits per heavy atom. The van der Waals surface area contributed by atoms with Crippen LogP contribution in [0.4, 0.5) is 0 Å². The van der Waals surface area contributed by atoms with Crippen molar-refractivity contribution in [1.82, 2.24) is 0 Å². The zero-order valence-corrected chi connectivity index (χ0v) is 12.6. The maximum atomic E-state index is 2.28. The Labute approximate surface area is 133 Å². The Bertz CT molecular complexity index is 663. The Balaban J connectivity index is 1.82. The summed E-state index contributed by atoms with van der Waals surface area (Å²) in [6, 6.07) is 32.0. The first kappa shape index (κ1) is 14.4. The highest BCUT2D eigenvalue weighted by Crippen LogP contribution is 2.05. The third-order valence-electron chi connectivity index (χ3n) is 3.89. The van der Waals surface area contributed by atoms with E-state index in [4.69, 9.17) is 0 Å². The van der Waals surface area contributed by atoms with Crippen molar-refractivity contribution in [3.8, 4) is 0 Å².